The summed E-state index contributed by atoms with van der Waals surface area (Å²) in [5, 5.41) is 3.34. The van der Waals surface area contributed by atoms with Crippen LogP contribution >= 0.6 is 0 Å². The zero-order chi connectivity index (χ0) is 11.4. The third-order valence-electron chi connectivity index (χ3n) is 2.89. The minimum Gasteiger partial charge on any atom is -0.330 e. The van der Waals surface area contributed by atoms with Crippen LogP contribution in [-0.4, -0.2) is 13.6 Å². The molecule has 0 spiro atoms. The molecule has 1 rings (SSSR count). The summed E-state index contributed by atoms with van der Waals surface area (Å²) < 4.78 is 0. The third-order valence-corrected chi connectivity index (χ3v) is 2.89. The molecule has 0 aliphatic rings. The Labute approximate surface area is 92.9 Å². The first-order chi connectivity index (χ1) is 7.10. The molecule has 1 unspecified atom stereocenters. The largest absolute Gasteiger partial charge is 0.330 e. The molecular formula is C13H22N2. The number of aryl methyl sites for hydroxylation is 3. The fourth-order valence-electron chi connectivity index (χ4n) is 2.34. The van der Waals surface area contributed by atoms with Gasteiger partial charge in [-0.3, -0.25) is 0 Å². The van der Waals surface area contributed by atoms with E-state index in [4.69, 9.17) is 5.73 Å². The maximum absolute atomic E-state index is 5.63. The van der Waals surface area contributed by atoms with Crippen molar-refractivity contribution < 1.29 is 0 Å². The molecule has 0 saturated heterocycles. The fraction of sp³-hybridized carbons (Fsp3) is 0.538. The molecule has 1 aromatic carbocycles. The molecule has 1 atom stereocenters. The molecule has 0 aromatic heterocycles. The van der Waals surface area contributed by atoms with Gasteiger partial charge < -0.3 is 11.1 Å². The molecule has 2 heteroatoms. The summed E-state index contributed by atoms with van der Waals surface area (Å²) >= 11 is 0. The zero-order valence-corrected chi connectivity index (χ0v) is 10.2. The van der Waals surface area contributed by atoms with Crippen molar-refractivity contribution in [3.63, 3.8) is 0 Å². The minimum atomic E-state index is 0.385. The van der Waals surface area contributed by atoms with E-state index in [1.807, 2.05) is 7.05 Å². The highest BCUT2D eigenvalue weighted by Crippen LogP contribution is 2.25. The third kappa shape index (κ3) is 2.80. The normalized spacial score (nSPS) is 12.9. The lowest BCUT2D eigenvalue weighted by atomic mass is 9.92. The van der Waals surface area contributed by atoms with Crippen LogP contribution in [0.4, 0.5) is 0 Å². The lowest BCUT2D eigenvalue weighted by Gasteiger charge is -2.21. The van der Waals surface area contributed by atoms with E-state index in [0.717, 1.165) is 13.0 Å². The molecular weight excluding hydrogens is 184 g/mol. The summed E-state index contributed by atoms with van der Waals surface area (Å²) in [4.78, 5) is 0. The number of hydrogen-bond donors (Lipinski definition) is 2. The first-order valence-electron chi connectivity index (χ1n) is 5.55. The van der Waals surface area contributed by atoms with Crippen molar-refractivity contribution in [1.29, 1.82) is 0 Å². The molecule has 0 heterocycles. The van der Waals surface area contributed by atoms with Gasteiger partial charge in [0.15, 0.2) is 0 Å². The van der Waals surface area contributed by atoms with Crippen LogP contribution in [0.25, 0.3) is 0 Å². The van der Waals surface area contributed by atoms with E-state index in [1.165, 1.54) is 22.3 Å². The van der Waals surface area contributed by atoms with Crippen molar-refractivity contribution in [2.75, 3.05) is 13.6 Å². The van der Waals surface area contributed by atoms with Crippen molar-refractivity contribution in [2.24, 2.45) is 5.73 Å². The van der Waals surface area contributed by atoms with Gasteiger partial charge in [0.2, 0.25) is 0 Å². The Kier molecular flexibility index (Phi) is 4.30. The average Bonchev–Trinajstić information content (AvgIpc) is 2.14. The van der Waals surface area contributed by atoms with E-state index in [-0.39, 0.29) is 0 Å². The number of nitrogens with one attached hydrogen (secondary N) is 1. The van der Waals surface area contributed by atoms with Crippen molar-refractivity contribution in [3.8, 4) is 0 Å². The molecule has 0 aliphatic carbocycles. The second-order valence-electron chi connectivity index (χ2n) is 4.23. The summed E-state index contributed by atoms with van der Waals surface area (Å²) in [6.07, 6.45) is 0.987. The van der Waals surface area contributed by atoms with E-state index in [1.54, 1.807) is 0 Å². The fourth-order valence-corrected chi connectivity index (χ4v) is 2.34. The molecule has 0 bridgehead atoms. The van der Waals surface area contributed by atoms with Gasteiger partial charge in [0.25, 0.3) is 0 Å². The quantitative estimate of drug-likeness (QED) is 0.792. The monoisotopic (exact) mass is 206 g/mol. The van der Waals surface area contributed by atoms with Crippen LogP contribution in [0.5, 0.6) is 0 Å². The predicted octanol–water partition coefficient (Wildman–Crippen LogP) is 2.22. The Hall–Kier alpha value is -0.860. The standard InChI is InChI=1S/C13H22N2/c1-9-7-10(2)13(11(3)8-9)12(15-4)5-6-14/h7-8,12,15H,5-6,14H2,1-4H3. The van der Waals surface area contributed by atoms with Gasteiger partial charge >= 0.3 is 0 Å². The van der Waals surface area contributed by atoms with Gasteiger partial charge in [-0.15, -0.1) is 0 Å². The lowest BCUT2D eigenvalue weighted by Crippen LogP contribution is -2.21. The molecule has 0 amide bonds. The smallest absolute Gasteiger partial charge is 0.0334 e. The van der Waals surface area contributed by atoms with Gasteiger partial charge in [-0.2, -0.15) is 0 Å². The van der Waals surface area contributed by atoms with Crippen LogP contribution in [-0.2, 0) is 0 Å². The molecule has 0 saturated carbocycles. The number of rotatable bonds is 4. The van der Waals surface area contributed by atoms with Crippen LogP contribution < -0.4 is 11.1 Å². The number of hydrogen-bond acceptors (Lipinski definition) is 2. The second-order valence-corrected chi connectivity index (χ2v) is 4.23. The average molecular weight is 206 g/mol. The zero-order valence-electron chi connectivity index (χ0n) is 10.2. The van der Waals surface area contributed by atoms with Crippen LogP contribution in [0.2, 0.25) is 0 Å². The van der Waals surface area contributed by atoms with Gasteiger partial charge in [0.1, 0.15) is 0 Å². The first-order valence-corrected chi connectivity index (χ1v) is 5.55. The molecule has 2 nitrogen and oxygen atoms in total. The van der Waals surface area contributed by atoms with Gasteiger partial charge in [0, 0.05) is 6.04 Å². The lowest BCUT2D eigenvalue weighted by molar-refractivity contribution is 0.551. The molecule has 84 valence electrons. The predicted molar refractivity (Wildman–Crippen MR) is 66.1 cm³/mol. The van der Waals surface area contributed by atoms with Crippen LogP contribution in [0.3, 0.4) is 0 Å². The van der Waals surface area contributed by atoms with E-state index in [9.17, 15) is 0 Å². The maximum atomic E-state index is 5.63. The maximum Gasteiger partial charge on any atom is 0.0334 e. The Morgan fingerprint density at radius 3 is 2.13 bits per heavy atom. The highest BCUT2D eigenvalue weighted by atomic mass is 14.9. The highest BCUT2D eigenvalue weighted by Gasteiger charge is 2.13. The Bertz CT molecular complexity index is 308. The van der Waals surface area contributed by atoms with Crippen LogP contribution in [0.15, 0.2) is 12.1 Å². The van der Waals surface area contributed by atoms with Gasteiger partial charge in [-0.05, 0) is 57.5 Å². The van der Waals surface area contributed by atoms with Crippen molar-refractivity contribution >= 4 is 0 Å². The van der Waals surface area contributed by atoms with Gasteiger partial charge in [-0.1, -0.05) is 17.7 Å². The summed E-state index contributed by atoms with van der Waals surface area (Å²) in [5.74, 6) is 0. The molecule has 0 aliphatic heterocycles. The molecule has 0 fully saturated rings. The van der Waals surface area contributed by atoms with E-state index < -0.39 is 0 Å². The highest BCUT2D eigenvalue weighted by molar-refractivity contribution is 5.39. The second kappa shape index (κ2) is 5.29. The Morgan fingerprint density at radius 2 is 1.73 bits per heavy atom. The van der Waals surface area contributed by atoms with Crippen molar-refractivity contribution in [1.82, 2.24) is 5.32 Å². The molecule has 15 heavy (non-hydrogen) atoms. The topological polar surface area (TPSA) is 38.0 Å². The van der Waals surface area contributed by atoms with E-state index in [0.29, 0.717) is 6.04 Å². The van der Waals surface area contributed by atoms with Crippen molar-refractivity contribution in [3.05, 3.63) is 34.4 Å². The summed E-state index contributed by atoms with van der Waals surface area (Å²) in [6, 6.07) is 4.86. The van der Waals surface area contributed by atoms with Gasteiger partial charge in [0.05, 0.1) is 0 Å². The Balaban J connectivity index is 3.11. The minimum absolute atomic E-state index is 0.385. The van der Waals surface area contributed by atoms with Crippen LogP contribution in [0, 0.1) is 20.8 Å². The number of benzene rings is 1. The van der Waals surface area contributed by atoms with E-state index in [2.05, 4.69) is 38.2 Å². The summed E-state index contributed by atoms with van der Waals surface area (Å²) in [5.41, 5.74) is 11.1. The first kappa shape index (κ1) is 12.2. The summed E-state index contributed by atoms with van der Waals surface area (Å²) in [7, 11) is 2.00. The van der Waals surface area contributed by atoms with Crippen molar-refractivity contribution in [2.45, 2.75) is 33.2 Å². The molecule has 3 N–H and O–H groups in total. The summed E-state index contributed by atoms with van der Waals surface area (Å²) in [6.45, 7) is 7.21. The SMILES string of the molecule is CNC(CCN)c1c(C)cc(C)cc1C. The molecule has 1 aromatic rings. The number of nitrogens with two attached hydrogens (primary N) is 1. The van der Waals surface area contributed by atoms with Gasteiger partial charge in [-0.25, -0.2) is 0 Å². The van der Waals surface area contributed by atoms with E-state index >= 15 is 0 Å². The Morgan fingerprint density at radius 1 is 1.20 bits per heavy atom. The van der Waals surface area contributed by atoms with Crippen LogP contribution in [0.1, 0.15) is 34.7 Å². The molecule has 0 radical (unpaired) electrons.